The average Bonchev–Trinajstić information content (AvgIpc) is 0.887. The topological polar surface area (TPSA) is 177 Å². The van der Waals surface area contributed by atoms with Crippen LogP contribution in [0.5, 0.6) is 5.75 Å². The second-order valence-corrected chi connectivity index (χ2v) is 24.0. The number of phenolic OH excluding ortho intramolecular Hbond substituents is 1. The van der Waals surface area contributed by atoms with Gasteiger partial charge in [-0.25, -0.2) is 4.98 Å². The zero-order valence-electron chi connectivity index (χ0n) is 48.4. The number of aromatic nitrogens is 3. The first-order valence-electron chi connectivity index (χ1n) is 29.4. The van der Waals surface area contributed by atoms with Crippen LogP contribution in [-0.4, -0.2) is 72.0 Å². The van der Waals surface area contributed by atoms with Crippen LogP contribution < -0.4 is 16.1 Å². The van der Waals surface area contributed by atoms with E-state index < -0.39 is 57.3 Å². The summed E-state index contributed by atoms with van der Waals surface area (Å²) in [6, 6.07) is 80.2. The van der Waals surface area contributed by atoms with Gasteiger partial charge in [-0.2, -0.15) is 5.10 Å². The minimum absolute atomic E-state index is 0.0671. The molecule has 2 saturated heterocycles. The number of carbonyl (C=O) groups is 3. The third-order valence-corrected chi connectivity index (χ3v) is 18.8. The number of hydrogen-bond donors (Lipinski definition) is 3. The summed E-state index contributed by atoms with van der Waals surface area (Å²) >= 11 is 2.66. The molecule has 0 bridgehead atoms. The number of rotatable bonds is 20. The lowest BCUT2D eigenvalue weighted by molar-refractivity contribution is -0.162. The number of esters is 1. The Balaban J connectivity index is 0.856. The van der Waals surface area contributed by atoms with Gasteiger partial charge in [-0.3, -0.25) is 23.9 Å². The molecule has 2 amide bonds. The number of phenols is 1. The highest BCUT2D eigenvalue weighted by atomic mass is 32.2. The summed E-state index contributed by atoms with van der Waals surface area (Å²) in [7, 11) is 0. The average molecular weight is 1220 g/mol. The van der Waals surface area contributed by atoms with E-state index in [-0.39, 0.29) is 36.0 Å². The number of anilines is 1. The van der Waals surface area contributed by atoms with E-state index in [1.807, 2.05) is 206 Å². The first-order chi connectivity index (χ1) is 44.1. The number of carbonyl (C=O) groups excluding carboxylic acids is 3. The van der Waals surface area contributed by atoms with Gasteiger partial charge in [-0.15, -0.1) is 23.1 Å². The molecule has 0 radical (unpaired) electrons. The normalized spacial score (nSPS) is 16.7. The maximum Gasteiger partial charge on any atom is 0.319 e. The molecule has 14 nitrogen and oxygen atoms in total. The third-order valence-electron chi connectivity index (χ3n) is 16.4. The number of nitrogens with zero attached hydrogens (tertiary/aromatic N) is 5. The monoisotopic (exact) mass is 1220 g/mol. The number of fused-ring (bicyclic) bond motifs is 2. The summed E-state index contributed by atoms with van der Waals surface area (Å²) in [4.78, 5) is 71.8. The van der Waals surface area contributed by atoms with Gasteiger partial charge in [0.05, 0.1) is 12.7 Å². The molecule has 4 aliphatic rings. The summed E-state index contributed by atoms with van der Waals surface area (Å²) in [5.74, 6) is -1.89. The number of benzene rings is 9. The number of ether oxygens (including phenoxy) is 1. The molecule has 3 N–H and O–H groups in total. The zero-order chi connectivity index (χ0) is 61.5. The van der Waals surface area contributed by atoms with Crippen LogP contribution in [0, 0.1) is 5.41 Å². The van der Waals surface area contributed by atoms with Crippen molar-refractivity contribution >= 4 is 51.7 Å². The van der Waals surface area contributed by atoms with E-state index in [9.17, 15) is 14.7 Å². The number of thioether (sulfide) groups is 1. The Bertz CT molecular complexity index is 4160. The van der Waals surface area contributed by atoms with Crippen molar-refractivity contribution in [1.29, 1.82) is 0 Å². The van der Waals surface area contributed by atoms with Gasteiger partial charge in [0.1, 0.15) is 28.1 Å². The van der Waals surface area contributed by atoms with Gasteiger partial charge in [0, 0.05) is 51.7 Å². The van der Waals surface area contributed by atoms with Crippen LogP contribution in [-0.2, 0) is 41.6 Å². The van der Waals surface area contributed by atoms with E-state index >= 15 is 9.59 Å². The predicted molar refractivity (Wildman–Crippen MR) is 351 cm³/mol. The minimum atomic E-state index is -1.39. The van der Waals surface area contributed by atoms with Gasteiger partial charge in [-0.1, -0.05) is 260 Å². The number of hydrogen-bond acceptors (Lipinski definition) is 13. The van der Waals surface area contributed by atoms with Crippen LogP contribution in [0.15, 0.2) is 295 Å². The summed E-state index contributed by atoms with van der Waals surface area (Å²) in [6.45, 7) is 0.124. The van der Waals surface area contributed by atoms with Crippen LogP contribution in [0.1, 0.15) is 56.3 Å². The van der Waals surface area contributed by atoms with E-state index in [0.29, 0.717) is 16.3 Å². The number of β-lactam (4-membered cyclic amide) rings is 1. The maximum absolute atomic E-state index is 15.6. The largest absolute Gasteiger partial charge is 0.504 e. The number of allylic oxidation sites excluding steroid dienone is 1. The molecule has 9 aromatic rings. The van der Waals surface area contributed by atoms with Crippen molar-refractivity contribution in [3.63, 3.8) is 0 Å². The number of amides is 2. The molecular formula is C74H59N7O7S2. The standard InChI is InChI=1S/C74H59N7O7S2/c82-62-44-53-46-75-80(47-54(53)45-63(62)83)43-25-42-72(70(86)87-66(51-26-9-1-10-27-51)52-28-11-2-12-29-52)49-81-68(85)65(69(81)90-50-72)77-67(84)64(79-88-74(58-36-19-6-20-37-58,59-38-21-7-22-39-59)60-40-23-8-24-41-60)61-48-89-71(76-61)78-73(55-30-13-3-14-31-55,56-32-15-4-16-33-56)57-34-17-5-18-35-57/h1-42,44-48,65-66,69,83H,43,49-50H2,(H,76,78)(H,77,84)/t65?,69-,72?/m1/s1. The van der Waals surface area contributed by atoms with Gasteiger partial charge >= 0.3 is 5.97 Å². The van der Waals surface area contributed by atoms with Gasteiger partial charge in [0.25, 0.3) is 5.91 Å². The number of oxime groups is 1. The molecule has 13 rings (SSSR count). The first-order valence-corrected chi connectivity index (χ1v) is 31.3. The van der Waals surface area contributed by atoms with Crippen LogP contribution in [0.2, 0.25) is 0 Å². The molecule has 2 unspecified atom stereocenters. The molecule has 0 spiro atoms. The molecule has 444 valence electrons. The van der Waals surface area contributed by atoms with Crippen molar-refractivity contribution in [1.82, 2.24) is 25.0 Å². The molecule has 4 heterocycles. The predicted octanol–water partition coefficient (Wildman–Crippen LogP) is 12.6. The summed E-state index contributed by atoms with van der Waals surface area (Å²) < 4.78 is 8.21. The van der Waals surface area contributed by atoms with Gasteiger partial charge in [0.2, 0.25) is 16.9 Å². The number of thiazole rings is 1. The molecule has 90 heavy (non-hydrogen) atoms. The lowest BCUT2D eigenvalue weighted by atomic mass is 9.77. The smallest absolute Gasteiger partial charge is 0.319 e. The molecule has 3 aliphatic heterocycles. The second kappa shape index (κ2) is 25.6. The summed E-state index contributed by atoms with van der Waals surface area (Å²) in [5, 5.41) is 28.2. The highest BCUT2D eigenvalue weighted by Gasteiger charge is 2.58. The first kappa shape index (κ1) is 58.3. The van der Waals surface area contributed by atoms with E-state index in [4.69, 9.17) is 19.7 Å². The fourth-order valence-electron chi connectivity index (χ4n) is 11.9. The lowest BCUT2D eigenvalue weighted by Gasteiger charge is -2.53. The quantitative estimate of drug-likeness (QED) is 0.0165. The minimum Gasteiger partial charge on any atom is -0.504 e. The molecule has 2 fully saturated rings. The summed E-state index contributed by atoms with van der Waals surface area (Å²) in [5.41, 5.74) is 3.55. The van der Waals surface area contributed by atoms with Crippen molar-refractivity contribution in [2.24, 2.45) is 10.6 Å². The Morgan fingerprint density at radius 1 is 0.667 bits per heavy atom. The fraction of sp³-hybridized carbons (Fsp3) is 0.122. The molecule has 1 aliphatic carbocycles. The number of aromatic hydroxyl groups is 1. The van der Waals surface area contributed by atoms with Gasteiger partial charge in [0.15, 0.2) is 22.7 Å². The Morgan fingerprint density at radius 2 is 1.16 bits per heavy atom. The van der Waals surface area contributed by atoms with Crippen molar-refractivity contribution < 1.29 is 29.1 Å². The Morgan fingerprint density at radius 3 is 1.67 bits per heavy atom. The Hall–Kier alpha value is -10.7. The maximum atomic E-state index is 15.6. The van der Waals surface area contributed by atoms with Crippen molar-refractivity contribution in [3.8, 4) is 16.9 Å². The van der Waals surface area contributed by atoms with Crippen LogP contribution in [0.25, 0.3) is 11.1 Å². The zero-order valence-corrected chi connectivity index (χ0v) is 50.1. The molecule has 16 heteroatoms. The molecule has 0 saturated carbocycles. The van der Waals surface area contributed by atoms with Crippen molar-refractivity contribution in [2.75, 3.05) is 17.6 Å². The van der Waals surface area contributed by atoms with Crippen molar-refractivity contribution in [2.45, 2.75) is 35.2 Å². The molecule has 1 aromatic heterocycles. The fourth-order valence-corrected chi connectivity index (χ4v) is 14.2. The molecular weight excluding hydrogens is 1160 g/mol. The SMILES string of the molecule is O=C(NC1C(=O)N2CC(C=CCn3cc4cc(O)c(=O)cc-4cn3)(C(=O)OC(c3ccccc3)c3ccccc3)CS[C@H]12)C(=NOC(c1ccccc1)(c1ccccc1)c1ccccc1)c1csc(NC(c2ccccc2)(c2ccccc2)c2ccccc2)n1. The van der Waals surface area contributed by atoms with Crippen LogP contribution >= 0.6 is 23.1 Å². The summed E-state index contributed by atoms with van der Waals surface area (Å²) in [6.07, 6.45) is 6.04. The Kier molecular flexibility index (Phi) is 16.6. The molecule has 8 aromatic carbocycles. The molecule has 3 atom stereocenters. The van der Waals surface area contributed by atoms with E-state index in [0.717, 1.165) is 44.5 Å². The second-order valence-electron chi connectivity index (χ2n) is 22.1. The van der Waals surface area contributed by atoms with Gasteiger partial charge in [-0.05, 0) is 39.9 Å². The highest BCUT2D eigenvalue weighted by molar-refractivity contribution is 8.00. The van der Waals surface area contributed by atoms with Crippen molar-refractivity contribution in [3.05, 3.63) is 345 Å². The lowest BCUT2D eigenvalue weighted by Crippen LogP contribution is -2.74. The third kappa shape index (κ3) is 11.5. The van der Waals surface area contributed by atoms with E-state index in [1.165, 1.54) is 35.2 Å². The Labute approximate surface area is 528 Å². The van der Waals surface area contributed by atoms with Crippen LogP contribution in [0.3, 0.4) is 0 Å². The van der Waals surface area contributed by atoms with Crippen LogP contribution in [0.4, 0.5) is 5.13 Å². The van der Waals surface area contributed by atoms with E-state index in [1.54, 1.807) is 39.5 Å². The number of nitrogens with one attached hydrogen (secondary N) is 2. The van der Waals surface area contributed by atoms with E-state index in [2.05, 4.69) is 52.1 Å². The van der Waals surface area contributed by atoms with Gasteiger partial charge < -0.3 is 30.2 Å². The highest BCUT2D eigenvalue weighted by Crippen LogP contribution is 2.46.